The molecule has 252 valence electrons. The summed E-state index contributed by atoms with van der Waals surface area (Å²) in [6.07, 6.45) is -2.81. The van der Waals surface area contributed by atoms with Crippen LogP contribution in [0.3, 0.4) is 0 Å². The topological polar surface area (TPSA) is 186 Å². The van der Waals surface area contributed by atoms with Gasteiger partial charge in [0.05, 0.1) is 38.6 Å². The number of hydrogen-bond donors (Lipinski definition) is 3. The zero-order chi connectivity index (χ0) is 33.7. The predicted octanol–water partition coefficient (Wildman–Crippen LogP) is 1.60. The lowest BCUT2D eigenvalue weighted by molar-refractivity contribution is -0.382. The van der Waals surface area contributed by atoms with Crippen LogP contribution < -0.4 is 4.74 Å². The maximum Gasteiger partial charge on any atom is 0.343 e. The SMILES string of the molecule is COC(=O)C1=CO[C@@H](O[C@@H]2O[C@@H]3COC(c4ccccc4)O[C@H]3[C@H](O)[C@H]2O)[C@H]2[C@@H]1C=C[C@@]21C=C(C(=O)c2ccc(O)c(OC)c2)C(=O)O1. The van der Waals surface area contributed by atoms with Crippen molar-refractivity contribution in [1.82, 2.24) is 0 Å². The van der Waals surface area contributed by atoms with Gasteiger partial charge in [0.15, 0.2) is 35.5 Å². The second-order valence-electron chi connectivity index (χ2n) is 11.8. The number of methoxy groups -OCH3 is 2. The molecule has 1 aliphatic carbocycles. The van der Waals surface area contributed by atoms with Crippen molar-refractivity contribution in [1.29, 1.82) is 0 Å². The van der Waals surface area contributed by atoms with E-state index in [0.29, 0.717) is 0 Å². The van der Waals surface area contributed by atoms with Gasteiger partial charge in [-0.3, -0.25) is 4.79 Å². The first-order chi connectivity index (χ1) is 23.1. The largest absolute Gasteiger partial charge is 0.504 e. The van der Waals surface area contributed by atoms with Crippen molar-refractivity contribution in [2.45, 2.75) is 48.9 Å². The fraction of sp³-hybridized carbons (Fsp3) is 0.382. The molecule has 14 heteroatoms. The van der Waals surface area contributed by atoms with Crippen LogP contribution in [0.2, 0.25) is 0 Å². The van der Waals surface area contributed by atoms with E-state index < -0.39 is 78.4 Å². The normalized spacial score (nSPS) is 35.1. The molecule has 0 bridgehead atoms. The highest BCUT2D eigenvalue weighted by atomic mass is 16.8. The molecule has 2 fully saturated rings. The fourth-order valence-corrected chi connectivity index (χ4v) is 6.68. The molecule has 1 unspecified atom stereocenters. The molecule has 0 aromatic heterocycles. The average molecular weight is 665 g/mol. The molecule has 1 spiro atoms. The summed E-state index contributed by atoms with van der Waals surface area (Å²) in [4.78, 5) is 39.5. The maximum absolute atomic E-state index is 13.5. The highest BCUT2D eigenvalue weighted by Crippen LogP contribution is 2.51. The lowest BCUT2D eigenvalue weighted by Crippen LogP contribution is -2.63. The van der Waals surface area contributed by atoms with Crippen LogP contribution in [0.4, 0.5) is 0 Å². The van der Waals surface area contributed by atoms with E-state index in [1.54, 1.807) is 6.08 Å². The van der Waals surface area contributed by atoms with Crippen molar-refractivity contribution in [3.63, 3.8) is 0 Å². The number of ether oxygens (including phenoxy) is 8. The summed E-state index contributed by atoms with van der Waals surface area (Å²) in [5.41, 5.74) is -1.06. The molecule has 14 nitrogen and oxygen atoms in total. The van der Waals surface area contributed by atoms with E-state index in [1.165, 1.54) is 44.6 Å². The number of aliphatic hydroxyl groups is 2. The molecule has 7 rings (SSSR count). The molecule has 4 aliphatic heterocycles. The molecule has 4 heterocycles. The van der Waals surface area contributed by atoms with Gasteiger partial charge in [-0.2, -0.15) is 0 Å². The summed E-state index contributed by atoms with van der Waals surface area (Å²) in [6, 6.07) is 13.0. The van der Waals surface area contributed by atoms with E-state index in [-0.39, 0.29) is 34.8 Å². The Bertz CT molecular complexity index is 1700. The van der Waals surface area contributed by atoms with Crippen LogP contribution in [0.1, 0.15) is 22.2 Å². The third kappa shape index (κ3) is 5.36. The minimum absolute atomic E-state index is 0.0111. The summed E-state index contributed by atoms with van der Waals surface area (Å²) in [5, 5.41) is 32.2. The van der Waals surface area contributed by atoms with Crippen LogP contribution in [0.25, 0.3) is 0 Å². The summed E-state index contributed by atoms with van der Waals surface area (Å²) in [7, 11) is 2.52. The molecule has 48 heavy (non-hydrogen) atoms. The summed E-state index contributed by atoms with van der Waals surface area (Å²) >= 11 is 0. The Morgan fingerprint density at radius 2 is 1.79 bits per heavy atom. The van der Waals surface area contributed by atoms with Gasteiger partial charge in [0, 0.05) is 17.0 Å². The number of benzene rings is 2. The van der Waals surface area contributed by atoms with Crippen molar-refractivity contribution in [2.24, 2.45) is 11.8 Å². The zero-order valence-electron chi connectivity index (χ0n) is 25.7. The number of allylic oxidation sites excluding steroid dienone is 1. The molecule has 10 atom stereocenters. The van der Waals surface area contributed by atoms with E-state index >= 15 is 0 Å². The number of phenols is 1. The number of carbonyl (C=O) groups excluding carboxylic acids is 3. The molecule has 3 N–H and O–H groups in total. The quantitative estimate of drug-likeness (QED) is 0.168. The first-order valence-electron chi connectivity index (χ1n) is 15.1. The number of ketones is 1. The summed E-state index contributed by atoms with van der Waals surface area (Å²) in [6.45, 7) is 0.0111. The number of phenolic OH excluding ortho intramolecular Hbond substituents is 1. The van der Waals surface area contributed by atoms with Crippen molar-refractivity contribution < 1.29 is 67.6 Å². The van der Waals surface area contributed by atoms with E-state index in [1.807, 2.05) is 30.3 Å². The number of hydrogen-bond acceptors (Lipinski definition) is 14. The first-order valence-corrected chi connectivity index (χ1v) is 15.1. The number of esters is 2. The number of aromatic hydroxyl groups is 1. The van der Waals surface area contributed by atoms with Crippen LogP contribution in [0.15, 0.2) is 84.2 Å². The Balaban J connectivity index is 1.15. The monoisotopic (exact) mass is 664 g/mol. The number of fused-ring (bicyclic) bond motifs is 3. The number of carbonyl (C=O) groups is 3. The maximum atomic E-state index is 13.5. The van der Waals surface area contributed by atoms with Crippen LogP contribution in [0, 0.1) is 11.8 Å². The number of Topliss-reactive ketones (excluding diaryl/α,β-unsaturated/α-hetero) is 1. The van der Waals surface area contributed by atoms with Crippen molar-refractivity contribution in [3.05, 3.63) is 95.3 Å². The molecule has 5 aliphatic rings. The molecular weight excluding hydrogens is 632 g/mol. The number of aliphatic hydroxyl groups excluding tert-OH is 2. The van der Waals surface area contributed by atoms with E-state index in [0.717, 1.165) is 11.8 Å². The Morgan fingerprint density at radius 3 is 2.54 bits per heavy atom. The van der Waals surface area contributed by atoms with Gasteiger partial charge in [-0.1, -0.05) is 36.4 Å². The Morgan fingerprint density at radius 1 is 1.00 bits per heavy atom. The Labute approximate surface area is 273 Å². The highest BCUT2D eigenvalue weighted by molar-refractivity contribution is 6.25. The molecule has 2 aromatic rings. The van der Waals surface area contributed by atoms with Gasteiger partial charge >= 0.3 is 11.9 Å². The Hall–Kier alpha value is -4.57. The minimum atomic E-state index is -1.63. The van der Waals surface area contributed by atoms with Crippen molar-refractivity contribution in [3.8, 4) is 11.5 Å². The van der Waals surface area contributed by atoms with Gasteiger partial charge in [0.1, 0.15) is 30.0 Å². The molecular formula is C34H32O14. The number of rotatable bonds is 7. The van der Waals surface area contributed by atoms with Gasteiger partial charge in [-0.05, 0) is 30.4 Å². The van der Waals surface area contributed by atoms with E-state index in [4.69, 9.17) is 37.9 Å². The lowest BCUT2D eigenvalue weighted by Gasteiger charge is -2.48. The average Bonchev–Trinajstić information content (AvgIpc) is 3.65. The molecule has 0 amide bonds. The second-order valence-corrected chi connectivity index (χ2v) is 11.8. The third-order valence-electron chi connectivity index (χ3n) is 9.09. The van der Waals surface area contributed by atoms with Crippen LogP contribution in [-0.4, -0.2) is 96.5 Å². The highest BCUT2D eigenvalue weighted by Gasteiger charge is 2.60. The molecule has 0 saturated carbocycles. The van der Waals surface area contributed by atoms with Gasteiger partial charge < -0.3 is 53.2 Å². The van der Waals surface area contributed by atoms with E-state index in [9.17, 15) is 29.7 Å². The van der Waals surface area contributed by atoms with Crippen molar-refractivity contribution >= 4 is 17.7 Å². The predicted molar refractivity (Wildman–Crippen MR) is 159 cm³/mol. The summed E-state index contributed by atoms with van der Waals surface area (Å²) in [5.74, 6) is -4.30. The van der Waals surface area contributed by atoms with E-state index in [2.05, 4.69) is 0 Å². The van der Waals surface area contributed by atoms with Crippen LogP contribution in [-0.2, 0) is 42.7 Å². The van der Waals surface area contributed by atoms with Crippen LogP contribution >= 0.6 is 0 Å². The van der Waals surface area contributed by atoms with Crippen LogP contribution in [0.5, 0.6) is 11.5 Å². The second kappa shape index (κ2) is 12.5. The van der Waals surface area contributed by atoms with Gasteiger partial charge in [0.2, 0.25) is 6.29 Å². The smallest absolute Gasteiger partial charge is 0.343 e. The third-order valence-corrected chi connectivity index (χ3v) is 9.09. The molecule has 0 radical (unpaired) electrons. The standard InChI is InChI=1S/C34H32O14/c1-41-22-12-17(8-9-21(22)35)25(36)19-13-34(48-30(19)40)11-10-18-20(29(39)42-2)14-43-32(24(18)34)47-33-27(38)26(37)28-23(45-33)15-44-31(46-28)16-6-4-3-5-7-16/h3-14,18,23-24,26-28,31-33,35,37-38H,15H2,1-2H3/t18-,23-,24-,26-,27-,28-,31?,32+,33+,34-/m1/s1. The molecule has 2 aromatic carbocycles. The zero-order valence-corrected chi connectivity index (χ0v) is 25.7. The van der Waals surface area contributed by atoms with Gasteiger partial charge in [-0.25, -0.2) is 9.59 Å². The minimum Gasteiger partial charge on any atom is -0.504 e. The van der Waals surface area contributed by atoms with Crippen molar-refractivity contribution in [2.75, 3.05) is 20.8 Å². The fourth-order valence-electron chi connectivity index (χ4n) is 6.68. The summed E-state index contributed by atoms with van der Waals surface area (Å²) < 4.78 is 45.7. The Kier molecular flexibility index (Phi) is 8.31. The lowest BCUT2D eigenvalue weighted by atomic mass is 9.78. The molecule has 2 saturated heterocycles. The first kappa shape index (κ1) is 32.0. The van der Waals surface area contributed by atoms with Gasteiger partial charge in [-0.15, -0.1) is 0 Å². The van der Waals surface area contributed by atoms with Gasteiger partial charge in [0.25, 0.3) is 0 Å².